The third-order valence-corrected chi connectivity index (χ3v) is 6.02. The molecule has 0 saturated carbocycles. The molecule has 0 spiro atoms. The molecule has 0 aliphatic heterocycles. The summed E-state index contributed by atoms with van der Waals surface area (Å²) in [6, 6.07) is 3.96. The zero-order valence-corrected chi connectivity index (χ0v) is 15.5. The lowest BCUT2D eigenvalue weighted by Gasteiger charge is -2.27. The van der Waals surface area contributed by atoms with Crippen molar-refractivity contribution < 1.29 is 17.6 Å². The molecule has 1 aromatic carbocycles. The van der Waals surface area contributed by atoms with Gasteiger partial charge in [-0.05, 0) is 31.4 Å². The predicted octanol–water partition coefficient (Wildman–Crippen LogP) is 2.19. The standard InChI is InChI=1S/C13H15FN4O3S3/c1-8(11(19)15-12-16-17-13(22-2)23-12)18(24(3,20)21)10-6-4-5-9(14)7-10/h4-8H,1-3H3,(H,15,16,19)/t8-/m0/s1. The fraction of sp³-hybridized carbons (Fsp3) is 0.308. The van der Waals surface area contributed by atoms with E-state index in [1.54, 1.807) is 0 Å². The Morgan fingerprint density at radius 3 is 2.67 bits per heavy atom. The number of halogens is 1. The largest absolute Gasteiger partial charge is 0.299 e. The third kappa shape index (κ3) is 4.42. The summed E-state index contributed by atoms with van der Waals surface area (Å²) in [4.78, 5) is 12.4. The molecule has 0 aliphatic carbocycles. The van der Waals surface area contributed by atoms with Crippen molar-refractivity contribution >= 4 is 49.8 Å². The number of rotatable bonds is 6. The van der Waals surface area contributed by atoms with Crippen LogP contribution in [0, 0.1) is 5.82 Å². The van der Waals surface area contributed by atoms with E-state index in [1.165, 1.54) is 48.2 Å². The van der Waals surface area contributed by atoms with Crippen molar-refractivity contribution in [3.05, 3.63) is 30.1 Å². The number of hydrogen-bond donors (Lipinski definition) is 1. The van der Waals surface area contributed by atoms with Crippen molar-refractivity contribution in [3.63, 3.8) is 0 Å². The second-order valence-corrected chi connectivity index (χ2v) is 8.67. The van der Waals surface area contributed by atoms with Crippen molar-refractivity contribution in [3.8, 4) is 0 Å². The molecule has 1 amide bonds. The average Bonchev–Trinajstić information content (AvgIpc) is 2.93. The smallest absolute Gasteiger partial charge is 0.249 e. The van der Waals surface area contributed by atoms with Crippen molar-refractivity contribution in [2.45, 2.75) is 17.3 Å². The Balaban J connectivity index is 2.27. The minimum atomic E-state index is -3.80. The third-order valence-electron chi connectivity index (χ3n) is 2.96. The van der Waals surface area contributed by atoms with Crippen LogP contribution in [0.3, 0.4) is 0 Å². The van der Waals surface area contributed by atoms with E-state index in [4.69, 9.17) is 0 Å². The van der Waals surface area contributed by atoms with Gasteiger partial charge in [0.05, 0.1) is 11.9 Å². The van der Waals surface area contributed by atoms with Gasteiger partial charge in [-0.25, -0.2) is 12.8 Å². The Morgan fingerprint density at radius 2 is 2.12 bits per heavy atom. The molecule has 7 nitrogen and oxygen atoms in total. The first-order valence-corrected chi connectivity index (χ1v) is 10.5. The quantitative estimate of drug-likeness (QED) is 0.600. The van der Waals surface area contributed by atoms with Crippen LogP contribution in [0.5, 0.6) is 0 Å². The first-order chi connectivity index (χ1) is 11.2. The highest BCUT2D eigenvalue weighted by atomic mass is 32.2. The van der Waals surface area contributed by atoms with Gasteiger partial charge in [0.15, 0.2) is 4.34 Å². The average molecular weight is 390 g/mol. The van der Waals surface area contributed by atoms with Crippen LogP contribution in [0.4, 0.5) is 15.2 Å². The van der Waals surface area contributed by atoms with Gasteiger partial charge in [-0.2, -0.15) is 0 Å². The lowest BCUT2D eigenvalue weighted by molar-refractivity contribution is -0.116. The van der Waals surface area contributed by atoms with E-state index >= 15 is 0 Å². The number of anilines is 2. The molecule has 1 atom stereocenters. The normalized spacial score (nSPS) is 12.7. The number of sulfonamides is 1. The van der Waals surface area contributed by atoms with Crippen LogP contribution in [0.15, 0.2) is 28.6 Å². The lowest BCUT2D eigenvalue weighted by Crippen LogP contribution is -2.45. The number of hydrogen-bond acceptors (Lipinski definition) is 7. The molecule has 0 saturated heterocycles. The summed E-state index contributed by atoms with van der Waals surface area (Å²) in [6.07, 6.45) is 2.78. The summed E-state index contributed by atoms with van der Waals surface area (Å²) in [6.45, 7) is 1.41. The molecule has 2 rings (SSSR count). The van der Waals surface area contributed by atoms with Gasteiger partial charge in [0.25, 0.3) is 0 Å². The number of thioether (sulfide) groups is 1. The fourth-order valence-corrected chi connectivity index (χ4v) is 4.31. The van der Waals surface area contributed by atoms with Crippen molar-refractivity contribution in [1.29, 1.82) is 0 Å². The molecule has 1 heterocycles. The molecule has 24 heavy (non-hydrogen) atoms. The molecule has 11 heteroatoms. The monoisotopic (exact) mass is 390 g/mol. The lowest BCUT2D eigenvalue weighted by atomic mass is 10.2. The van der Waals surface area contributed by atoms with Crippen LogP contribution in [0.1, 0.15) is 6.92 Å². The highest BCUT2D eigenvalue weighted by Crippen LogP contribution is 2.25. The van der Waals surface area contributed by atoms with Crippen LogP contribution >= 0.6 is 23.1 Å². The maximum absolute atomic E-state index is 13.4. The Kier molecular flexibility index (Phi) is 5.78. The number of nitrogens with zero attached hydrogens (tertiary/aromatic N) is 3. The molecule has 130 valence electrons. The van der Waals surface area contributed by atoms with Crippen LogP contribution < -0.4 is 9.62 Å². The van der Waals surface area contributed by atoms with Crippen molar-refractivity contribution in [1.82, 2.24) is 10.2 Å². The Hall–Kier alpha value is -1.72. The van der Waals surface area contributed by atoms with E-state index in [0.717, 1.165) is 16.6 Å². The highest BCUT2D eigenvalue weighted by molar-refractivity contribution is 8.00. The Labute approximate surface area is 147 Å². The summed E-state index contributed by atoms with van der Waals surface area (Å²) in [7, 11) is -3.80. The number of benzene rings is 1. The SMILES string of the molecule is CSc1nnc(NC(=O)[C@H](C)N(c2cccc(F)c2)S(C)(=O)=O)s1. The number of aromatic nitrogens is 2. The van der Waals surface area contributed by atoms with E-state index in [9.17, 15) is 17.6 Å². The summed E-state index contributed by atoms with van der Waals surface area (Å²) < 4.78 is 39.1. The predicted molar refractivity (Wildman–Crippen MR) is 93.5 cm³/mol. The number of nitrogens with one attached hydrogen (secondary N) is 1. The molecule has 0 bridgehead atoms. The zero-order chi connectivity index (χ0) is 17.9. The van der Waals surface area contributed by atoms with Crippen LogP contribution in [-0.4, -0.2) is 43.1 Å². The van der Waals surface area contributed by atoms with E-state index < -0.39 is 27.8 Å². The van der Waals surface area contributed by atoms with Crippen molar-refractivity contribution in [2.24, 2.45) is 0 Å². The summed E-state index contributed by atoms with van der Waals surface area (Å²) in [5, 5.41) is 10.4. The van der Waals surface area contributed by atoms with E-state index in [2.05, 4.69) is 15.5 Å². The minimum Gasteiger partial charge on any atom is -0.299 e. The molecular weight excluding hydrogens is 375 g/mol. The molecular formula is C13H15FN4O3S3. The highest BCUT2D eigenvalue weighted by Gasteiger charge is 2.30. The fourth-order valence-electron chi connectivity index (χ4n) is 1.97. The Morgan fingerprint density at radius 1 is 1.42 bits per heavy atom. The summed E-state index contributed by atoms with van der Waals surface area (Å²) >= 11 is 2.56. The van der Waals surface area contributed by atoms with Gasteiger partial charge < -0.3 is 0 Å². The van der Waals surface area contributed by atoms with Crippen LogP contribution in [0.25, 0.3) is 0 Å². The van der Waals surface area contributed by atoms with Gasteiger partial charge >= 0.3 is 0 Å². The van der Waals surface area contributed by atoms with E-state index in [1.807, 2.05) is 6.26 Å². The number of amides is 1. The minimum absolute atomic E-state index is 0.0715. The first kappa shape index (κ1) is 18.6. The van der Waals surface area contributed by atoms with Crippen LogP contribution in [-0.2, 0) is 14.8 Å². The van der Waals surface area contributed by atoms with Gasteiger partial charge in [-0.15, -0.1) is 10.2 Å². The van der Waals surface area contributed by atoms with E-state index in [0.29, 0.717) is 4.34 Å². The second-order valence-electron chi connectivity index (χ2n) is 4.78. The molecule has 1 aromatic heterocycles. The Bertz CT molecular complexity index is 840. The van der Waals surface area contributed by atoms with Gasteiger partial charge in [-0.1, -0.05) is 29.2 Å². The maximum Gasteiger partial charge on any atom is 0.249 e. The van der Waals surface area contributed by atoms with Crippen LogP contribution in [0.2, 0.25) is 0 Å². The summed E-state index contributed by atoms with van der Waals surface area (Å²) in [5.41, 5.74) is 0.0715. The molecule has 0 radical (unpaired) electrons. The molecule has 0 unspecified atom stereocenters. The van der Waals surface area contributed by atoms with Gasteiger partial charge in [0, 0.05) is 0 Å². The topological polar surface area (TPSA) is 92.3 Å². The molecule has 0 aliphatic rings. The van der Waals surface area contributed by atoms with Crippen molar-refractivity contribution in [2.75, 3.05) is 22.1 Å². The van der Waals surface area contributed by atoms with Gasteiger partial charge in [0.2, 0.25) is 21.1 Å². The molecule has 2 aromatic rings. The van der Waals surface area contributed by atoms with Gasteiger partial charge in [-0.3, -0.25) is 14.4 Å². The van der Waals surface area contributed by atoms with E-state index in [-0.39, 0.29) is 10.8 Å². The molecule has 1 N–H and O–H groups in total. The number of carbonyl (C=O) groups excluding carboxylic acids is 1. The number of carbonyl (C=O) groups is 1. The molecule has 0 fully saturated rings. The van der Waals surface area contributed by atoms with Gasteiger partial charge in [0.1, 0.15) is 11.9 Å². The zero-order valence-electron chi connectivity index (χ0n) is 13.1. The second kappa shape index (κ2) is 7.45. The maximum atomic E-state index is 13.4. The first-order valence-electron chi connectivity index (χ1n) is 6.65. The summed E-state index contributed by atoms with van der Waals surface area (Å²) in [5.74, 6) is -1.18.